The van der Waals surface area contributed by atoms with Crippen LogP contribution >= 0.6 is 11.6 Å². The van der Waals surface area contributed by atoms with Crippen LogP contribution < -0.4 is 5.32 Å². The van der Waals surface area contributed by atoms with E-state index in [2.05, 4.69) is 15.5 Å². The summed E-state index contributed by atoms with van der Waals surface area (Å²) >= 11 is 6.43. The summed E-state index contributed by atoms with van der Waals surface area (Å²) in [6, 6.07) is 11.7. The number of anilines is 1. The molecule has 3 aromatic rings. The molecule has 1 amide bonds. The van der Waals surface area contributed by atoms with Gasteiger partial charge in [-0.15, -0.1) is 0 Å². The third-order valence-electron chi connectivity index (χ3n) is 3.65. The number of benzene rings is 1. The van der Waals surface area contributed by atoms with Crippen LogP contribution in [0.5, 0.6) is 0 Å². The van der Waals surface area contributed by atoms with E-state index in [0.29, 0.717) is 17.5 Å². The van der Waals surface area contributed by atoms with Crippen molar-refractivity contribution in [1.29, 1.82) is 0 Å². The van der Waals surface area contributed by atoms with Gasteiger partial charge in [-0.3, -0.25) is 9.48 Å². The molecule has 25 heavy (non-hydrogen) atoms. The molecule has 0 saturated heterocycles. The average molecular weight is 356 g/mol. The molecule has 0 aliphatic rings. The van der Waals surface area contributed by atoms with Gasteiger partial charge >= 0.3 is 0 Å². The molecule has 6 nitrogen and oxygen atoms in total. The van der Waals surface area contributed by atoms with Crippen LogP contribution in [0, 0.1) is 6.92 Å². The van der Waals surface area contributed by atoms with Gasteiger partial charge in [0.2, 0.25) is 5.91 Å². The maximum Gasteiger partial charge on any atom is 0.249 e. The van der Waals surface area contributed by atoms with Crippen LogP contribution in [0.4, 0.5) is 5.82 Å². The third-order valence-corrected chi connectivity index (χ3v) is 4.05. The lowest BCUT2D eigenvalue weighted by Crippen LogP contribution is -2.08. The molecule has 0 radical (unpaired) electrons. The summed E-state index contributed by atoms with van der Waals surface area (Å²) in [6.45, 7) is 2.44. The van der Waals surface area contributed by atoms with Gasteiger partial charge in [-0.05, 0) is 18.6 Å². The highest BCUT2D eigenvalue weighted by atomic mass is 35.5. The Morgan fingerprint density at radius 3 is 2.68 bits per heavy atom. The van der Waals surface area contributed by atoms with Gasteiger partial charge < -0.3 is 5.32 Å². The van der Waals surface area contributed by atoms with Gasteiger partial charge in [0.15, 0.2) is 5.82 Å². The lowest BCUT2D eigenvalue weighted by atomic mass is 10.2. The fourth-order valence-corrected chi connectivity index (χ4v) is 2.72. The van der Waals surface area contributed by atoms with E-state index in [-0.39, 0.29) is 5.91 Å². The number of amides is 1. The first kappa shape index (κ1) is 17.0. The maximum atomic E-state index is 12.0. The zero-order chi connectivity index (χ0) is 17.8. The van der Waals surface area contributed by atoms with E-state index in [1.54, 1.807) is 34.8 Å². The van der Waals surface area contributed by atoms with Crippen molar-refractivity contribution in [3.8, 4) is 0 Å². The lowest BCUT2D eigenvalue weighted by Gasteiger charge is -2.03. The standard InChI is InChI=1S/C18H18ClN5O/c1-13-15(8-9-17(25)20-16-10-11-23(2)22-16)18(19)24(21-13)12-14-6-4-3-5-7-14/h3-11H,12H2,1-2H3,(H,20,22,25)/b9-8+. The summed E-state index contributed by atoms with van der Waals surface area (Å²) < 4.78 is 3.34. The predicted molar refractivity (Wildman–Crippen MR) is 98.4 cm³/mol. The molecule has 0 atom stereocenters. The highest BCUT2D eigenvalue weighted by molar-refractivity contribution is 6.31. The van der Waals surface area contributed by atoms with E-state index >= 15 is 0 Å². The van der Waals surface area contributed by atoms with Crippen molar-refractivity contribution in [3.05, 3.63) is 70.6 Å². The van der Waals surface area contributed by atoms with Gasteiger partial charge in [-0.1, -0.05) is 41.9 Å². The second-order valence-corrected chi connectivity index (χ2v) is 5.99. The first-order chi connectivity index (χ1) is 12.0. The summed E-state index contributed by atoms with van der Waals surface area (Å²) in [5.74, 6) is 0.227. The van der Waals surface area contributed by atoms with Crippen molar-refractivity contribution in [2.24, 2.45) is 7.05 Å². The normalized spacial score (nSPS) is 11.2. The summed E-state index contributed by atoms with van der Waals surface area (Å²) in [7, 11) is 1.79. The molecule has 0 spiro atoms. The number of carbonyl (C=O) groups excluding carboxylic acids is 1. The van der Waals surface area contributed by atoms with E-state index in [9.17, 15) is 4.79 Å². The Hall–Kier alpha value is -2.86. The Bertz CT molecular complexity index is 911. The number of hydrogen-bond donors (Lipinski definition) is 1. The van der Waals surface area contributed by atoms with E-state index in [1.807, 2.05) is 37.3 Å². The second-order valence-electron chi connectivity index (χ2n) is 5.63. The molecule has 2 aromatic heterocycles. The number of halogens is 1. The third kappa shape index (κ3) is 4.16. The van der Waals surface area contributed by atoms with Crippen LogP contribution in [0.2, 0.25) is 5.15 Å². The molecular formula is C18H18ClN5O. The van der Waals surface area contributed by atoms with Crippen LogP contribution in [0.3, 0.4) is 0 Å². The SMILES string of the molecule is Cc1nn(Cc2ccccc2)c(Cl)c1/C=C/C(=O)Nc1ccn(C)n1. The van der Waals surface area contributed by atoms with Gasteiger partial charge in [-0.2, -0.15) is 10.2 Å². The Labute approximate surface area is 150 Å². The Kier molecular flexibility index (Phi) is 5.00. The van der Waals surface area contributed by atoms with Crippen LogP contribution in [0.1, 0.15) is 16.8 Å². The molecular weight excluding hydrogens is 338 g/mol. The van der Waals surface area contributed by atoms with Crippen molar-refractivity contribution in [2.75, 3.05) is 5.32 Å². The minimum absolute atomic E-state index is 0.273. The van der Waals surface area contributed by atoms with Crippen molar-refractivity contribution < 1.29 is 4.79 Å². The Morgan fingerprint density at radius 2 is 2.00 bits per heavy atom. The van der Waals surface area contributed by atoms with Crippen LogP contribution in [0.25, 0.3) is 6.08 Å². The number of nitrogens with zero attached hydrogens (tertiary/aromatic N) is 4. The predicted octanol–water partition coefficient (Wildman–Crippen LogP) is 3.28. The van der Waals surface area contributed by atoms with E-state index < -0.39 is 0 Å². The molecule has 0 aliphatic heterocycles. The fourth-order valence-electron chi connectivity index (χ4n) is 2.43. The number of aromatic nitrogens is 4. The van der Waals surface area contributed by atoms with Crippen molar-refractivity contribution in [2.45, 2.75) is 13.5 Å². The smallest absolute Gasteiger partial charge is 0.249 e. The highest BCUT2D eigenvalue weighted by Crippen LogP contribution is 2.22. The molecule has 2 heterocycles. The van der Waals surface area contributed by atoms with E-state index in [4.69, 9.17) is 11.6 Å². The molecule has 0 bridgehead atoms. The molecule has 0 aliphatic carbocycles. The van der Waals surface area contributed by atoms with Gasteiger partial charge in [0.1, 0.15) is 5.15 Å². The minimum atomic E-state index is -0.273. The number of rotatable bonds is 5. The number of hydrogen-bond acceptors (Lipinski definition) is 3. The number of carbonyl (C=O) groups is 1. The monoisotopic (exact) mass is 355 g/mol. The van der Waals surface area contributed by atoms with Crippen LogP contribution in [0.15, 0.2) is 48.7 Å². The van der Waals surface area contributed by atoms with E-state index in [0.717, 1.165) is 16.8 Å². The topological polar surface area (TPSA) is 64.7 Å². The highest BCUT2D eigenvalue weighted by Gasteiger charge is 2.12. The second kappa shape index (κ2) is 7.36. The number of aryl methyl sites for hydroxylation is 2. The molecule has 1 N–H and O–H groups in total. The zero-order valence-corrected chi connectivity index (χ0v) is 14.7. The largest absolute Gasteiger partial charge is 0.306 e. The molecule has 7 heteroatoms. The van der Waals surface area contributed by atoms with Crippen molar-refractivity contribution >= 4 is 29.4 Å². The van der Waals surface area contributed by atoms with Crippen molar-refractivity contribution in [3.63, 3.8) is 0 Å². The maximum absolute atomic E-state index is 12.0. The van der Waals surface area contributed by atoms with Crippen molar-refractivity contribution in [1.82, 2.24) is 19.6 Å². The summed E-state index contributed by atoms with van der Waals surface area (Å²) in [6.07, 6.45) is 4.86. The van der Waals surface area contributed by atoms with Gasteiger partial charge in [0.25, 0.3) is 0 Å². The van der Waals surface area contributed by atoms with Crippen LogP contribution in [-0.2, 0) is 18.4 Å². The Balaban J connectivity index is 1.73. The van der Waals surface area contributed by atoms with Gasteiger partial charge in [0.05, 0.1) is 12.2 Å². The quantitative estimate of drug-likeness (QED) is 0.714. The van der Waals surface area contributed by atoms with Crippen LogP contribution in [-0.4, -0.2) is 25.5 Å². The molecule has 3 rings (SSSR count). The first-order valence-corrected chi connectivity index (χ1v) is 8.16. The number of nitrogens with one attached hydrogen (secondary N) is 1. The molecule has 0 saturated carbocycles. The fraction of sp³-hybridized carbons (Fsp3) is 0.167. The molecule has 1 aromatic carbocycles. The summed E-state index contributed by atoms with van der Waals surface area (Å²) in [5.41, 5.74) is 2.60. The van der Waals surface area contributed by atoms with E-state index in [1.165, 1.54) is 6.08 Å². The van der Waals surface area contributed by atoms with Gasteiger partial charge in [-0.25, -0.2) is 4.68 Å². The minimum Gasteiger partial charge on any atom is -0.306 e. The lowest BCUT2D eigenvalue weighted by molar-refractivity contribution is -0.111. The zero-order valence-electron chi connectivity index (χ0n) is 14.0. The average Bonchev–Trinajstić information content (AvgIpc) is 3.10. The Morgan fingerprint density at radius 1 is 1.24 bits per heavy atom. The molecule has 128 valence electrons. The summed E-state index contributed by atoms with van der Waals surface area (Å²) in [5, 5.41) is 11.8. The first-order valence-electron chi connectivity index (χ1n) is 7.78. The van der Waals surface area contributed by atoms with Gasteiger partial charge in [0, 0.05) is 31.0 Å². The molecule has 0 unspecified atom stereocenters. The summed E-state index contributed by atoms with van der Waals surface area (Å²) in [4.78, 5) is 12.0. The molecule has 0 fully saturated rings.